The Morgan fingerprint density at radius 3 is 2.80 bits per heavy atom. The van der Waals surface area contributed by atoms with Crippen molar-refractivity contribution in [1.82, 2.24) is 0 Å². The molecular formula is C8H12O2. The molecule has 2 heteroatoms. The second-order valence-electron chi connectivity index (χ2n) is 2.46. The fourth-order valence-corrected chi connectivity index (χ4v) is 0.981. The van der Waals surface area contributed by atoms with E-state index in [2.05, 4.69) is 0 Å². The molecule has 0 amide bonds. The molecule has 0 spiro atoms. The molecule has 2 atom stereocenters. The van der Waals surface area contributed by atoms with E-state index in [0.717, 1.165) is 5.57 Å². The summed E-state index contributed by atoms with van der Waals surface area (Å²) >= 11 is 0. The summed E-state index contributed by atoms with van der Waals surface area (Å²) in [6.07, 6.45) is 4.90. The SMILES string of the molecule is COC1C=C(C)C=CC1O. The lowest BCUT2D eigenvalue weighted by molar-refractivity contribution is 0.0410. The van der Waals surface area contributed by atoms with Crippen LogP contribution in [0.3, 0.4) is 0 Å². The molecule has 0 aromatic heterocycles. The Hall–Kier alpha value is -0.600. The summed E-state index contributed by atoms with van der Waals surface area (Å²) in [6.45, 7) is 1.98. The molecule has 10 heavy (non-hydrogen) atoms. The fourth-order valence-electron chi connectivity index (χ4n) is 0.981. The number of rotatable bonds is 1. The van der Waals surface area contributed by atoms with Crippen molar-refractivity contribution in [3.63, 3.8) is 0 Å². The minimum atomic E-state index is -0.478. The molecule has 0 saturated heterocycles. The molecule has 1 N–H and O–H groups in total. The van der Waals surface area contributed by atoms with Gasteiger partial charge in [-0.05, 0) is 6.92 Å². The lowest BCUT2D eigenvalue weighted by atomic mass is 10.0. The molecule has 0 bridgehead atoms. The van der Waals surface area contributed by atoms with Gasteiger partial charge in [0, 0.05) is 7.11 Å². The van der Waals surface area contributed by atoms with Crippen molar-refractivity contribution in [2.45, 2.75) is 19.1 Å². The summed E-state index contributed by atoms with van der Waals surface area (Å²) in [7, 11) is 1.59. The highest BCUT2D eigenvalue weighted by Crippen LogP contribution is 2.12. The second kappa shape index (κ2) is 2.99. The van der Waals surface area contributed by atoms with E-state index in [4.69, 9.17) is 4.74 Å². The molecule has 0 heterocycles. The fraction of sp³-hybridized carbons (Fsp3) is 0.500. The molecule has 1 aliphatic rings. The van der Waals surface area contributed by atoms with Crippen LogP contribution in [-0.2, 0) is 4.74 Å². The van der Waals surface area contributed by atoms with E-state index in [1.54, 1.807) is 13.2 Å². The maximum absolute atomic E-state index is 9.23. The van der Waals surface area contributed by atoms with Crippen LogP contribution in [0.25, 0.3) is 0 Å². The molecule has 0 fully saturated rings. The number of allylic oxidation sites excluding steroid dienone is 2. The first-order valence-corrected chi connectivity index (χ1v) is 3.31. The highest BCUT2D eigenvalue weighted by atomic mass is 16.5. The Bertz CT molecular complexity index is 170. The highest BCUT2D eigenvalue weighted by Gasteiger charge is 2.15. The summed E-state index contributed by atoms with van der Waals surface area (Å²) in [5.41, 5.74) is 1.14. The summed E-state index contributed by atoms with van der Waals surface area (Å²) < 4.78 is 5.00. The average Bonchev–Trinajstić information content (AvgIpc) is 1.94. The monoisotopic (exact) mass is 140 g/mol. The van der Waals surface area contributed by atoms with E-state index < -0.39 is 6.10 Å². The van der Waals surface area contributed by atoms with Gasteiger partial charge in [0.25, 0.3) is 0 Å². The largest absolute Gasteiger partial charge is 0.386 e. The molecule has 0 aromatic rings. The van der Waals surface area contributed by atoms with E-state index in [1.807, 2.05) is 19.1 Å². The zero-order valence-corrected chi connectivity index (χ0v) is 6.24. The first-order chi connectivity index (χ1) is 4.74. The predicted octanol–water partition coefficient (Wildman–Crippen LogP) is 0.878. The topological polar surface area (TPSA) is 29.5 Å². The number of methoxy groups -OCH3 is 1. The molecule has 0 aromatic carbocycles. The third-order valence-corrected chi connectivity index (χ3v) is 1.59. The van der Waals surface area contributed by atoms with Gasteiger partial charge in [0.15, 0.2) is 0 Å². The maximum Gasteiger partial charge on any atom is 0.105 e. The third-order valence-electron chi connectivity index (χ3n) is 1.59. The zero-order chi connectivity index (χ0) is 7.56. The number of aliphatic hydroxyl groups excluding tert-OH is 1. The smallest absolute Gasteiger partial charge is 0.105 e. The van der Waals surface area contributed by atoms with Crippen LogP contribution in [0, 0.1) is 0 Å². The molecule has 2 nitrogen and oxygen atoms in total. The Balaban J connectivity index is 2.67. The number of ether oxygens (including phenoxy) is 1. The highest BCUT2D eigenvalue weighted by molar-refractivity contribution is 5.25. The summed E-state index contributed by atoms with van der Waals surface area (Å²) in [5, 5.41) is 9.23. The van der Waals surface area contributed by atoms with E-state index in [9.17, 15) is 5.11 Å². The van der Waals surface area contributed by atoms with Crippen molar-refractivity contribution in [2.24, 2.45) is 0 Å². The van der Waals surface area contributed by atoms with Crippen LogP contribution in [0.1, 0.15) is 6.92 Å². The number of aliphatic hydroxyl groups is 1. The van der Waals surface area contributed by atoms with Crippen LogP contribution < -0.4 is 0 Å². The van der Waals surface area contributed by atoms with Crippen molar-refractivity contribution >= 4 is 0 Å². The molecule has 1 aliphatic carbocycles. The Morgan fingerprint density at radius 1 is 1.60 bits per heavy atom. The predicted molar refractivity (Wildman–Crippen MR) is 39.7 cm³/mol. The van der Waals surface area contributed by atoms with Gasteiger partial charge in [-0.1, -0.05) is 23.8 Å². The Labute approximate surface area is 60.8 Å². The van der Waals surface area contributed by atoms with Crippen LogP contribution in [0.15, 0.2) is 23.8 Å². The molecule has 0 aliphatic heterocycles. The zero-order valence-electron chi connectivity index (χ0n) is 6.24. The van der Waals surface area contributed by atoms with E-state index >= 15 is 0 Å². The Kier molecular flexibility index (Phi) is 2.25. The standard InChI is InChI=1S/C8H12O2/c1-6-3-4-7(9)8(5-6)10-2/h3-5,7-9H,1-2H3. The molecular weight excluding hydrogens is 128 g/mol. The minimum Gasteiger partial charge on any atom is -0.386 e. The summed E-state index contributed by atoms with van der Waals surface area (Å²) in [5.74, 6) is 0. The maximum atomic E-state index is 9.23. The van der Waals surface area contributed by atoms with Crippen LogP contribution in [0.2, 0.25) is 0 Å². The van der Waals surface area contributed by atoms with Gasteiger partial charge in [-0.25, -0.2) is 0 Å². The number of hydrogen-bond acceptors (Lipinski definition) is 2. The van der Waals surface area contributed by atoms with Crippen LogP contribution in [-0.4, -0.2) is 24.4 Å². The van der Waals surface area contributed by atoms with Crippen molar-refractivity contribution in [3.8, 4) is 0 Å². The molecule has 0 saturated carbocycles. The first-order valence-electron chi connectivity index (χ1n) is 3.31. The van der Waals surface area contributed by atoms with Crippen LogP contribution >= 0.6 is 0 Å². The van der Waals surface area contributed by atoms with Gasteiger partial charge in [0.05, 0.1) is 0 Å². The van der Waals surface area contributed by atoms with Crippen molar-refractivity contribution in [2.75, 3.05) is 7.11 Å². The van der Waals surface area contributed by atoms with Crippen molar-refractivity contribution in [3.05, 3.63) is 23.8 Å². The van der Waals surface area contributed by atoms with Gasteiger partial charge < -0.3 is 9.84 Å². The second-order valence-corrected chi connectivity index (χ2v) is 2.46. The Morgan fingerprint density at radius 2 is 2.30 bits per heavy atom. The molecule has 0 radical (unpaired) electrons. The van der Waals surface area contributed by atoms with Gasteiger partial charge in [0.1, 0.15) is 12.2 Å². The van der Waals surface area contributed by atoms with Crippen LogP contribution in [0.4, 0.5) is 0 Å². The van der Waals surface area contributed by atoms with E-state index in [-0.39, 0.29) is 6.10 Å². The van der Waals surface area contributed by atoms with Gasteiger partial charge in [0.2, 0.25) is 0 Å². The lowest BCUT2D eigenvalue weighted by Crippen LogP contribution is -2.26. The minimum absolute atomic E-state index is 0.162. The van der Waals surface area contributed by atoms with Gasteiger partial charge in [-0.3, -0.25) is 0 Å². The molecule has 1 rings (SSSR count). The normalized spacial score (nSPS) is 32.1. The van der Waals surface area contributed by atoms with Gasteiger partial charge in [-0.2, -0.15) is 0 Å². The number of hydrogen-bond donors (Lipinski definition) is 1. The summed E-state index contributed by atoms with van der Waals surface area (Å²) in [6, 6.07) is 0. The van der Waals surface area contributed by atoms with Gasteiger partial charge >= 0.3 is 0 Å². The van der Waals surface area contributed by atoms with E-state index in [0.29, 0.717) is 0 Å². The van der Waals surface area contributed by atoms with Gasteiger partial charge in [-0.15, -0.1) is 0 Å². The first kappa shape index (κ1) is 7.51. The van der Waals surface area contributed by atoms with Crippen molar-refractivity contribution < 1.29 is 9.84 Å². The lowest BCUT2D eigenvalue weighted by Gasteiger charge is -2.18. The van der Waals surface area contributed by atoms with Crippen molar-refractivity contribution in [1.29, 1.82) is 0 Å². The summed E-state index contributed by atoms with van der Waals surface area (Å²) in [4.78, 5) is 0. The van der Waals surface area contributed by atoms with E-state index in [1.165, 1.54) is 0 Å². The molecule has 56 valence electrons. The molecule has 2 unspecified atom stereocenters. The van der Waals surface area contributed by atoms with Crippen LogP contribution in [0.5, 0.6) is 0 Å². The quantitative estimate of drug-likeness (QED) is 0.585. The average molecular weight is 140 g/mol. The third kappa shape index (κ3) is 1.46.